The van der Waals surface area contributed by atoms with Crippen LogP contribution in [0.2, 0.25) is 0 Å². The van der Waals surface area contributed by atoms with Crippen LogP contribution in [-0.4, -0.2) is 36.1 Å². The molecule has 1 aromatic rings. The van der Waals surface area contributed by atoms with Crippen LogP contribution in [0.1, 0.15) is 25.3 Å². The highest BCUT2D eigenvalue weighted by Crippen LogP contribution is 2.22. The molecule has 0 spiro atoms. The van der Waals surface area contributed by atoms with Crippen LogP contribution in [0.15, 0.2) is 18.2 Å². The Hall–Kier alpha value is -1.53. The fourth-order valence-electron chi connectivity index (χ4n) is 2.45. The number of carbonyl (C=O) groups is 1. The van der Waals surface area contributed by atoms with Crippen molar-refractivity contribution in [2.75, 3.05) is 19.8 Å². The molecule has 0 atom stereocenters. The Bertz CT molecular complexity index is 516. The first-order valence-corrected chi connectivity index (χ1v) is 7.06. The van der Waals surface area contributed by atoms with Gasteiger partial charge in [-0.2, -0.15) is 0 Å². The van der Waals surface area contributed by atoms with Crippen LogP contribution in [0.4, 0.5) is 8.78 Å². The van der Waals surface area contributed by atoms with Gasteiger partial charge in [-0.1, -0.05) is 6.07 Å². The summed E-state index contributed by atoms with van der Waals surface area (Å²) in [5.74, 6) is -1.98. The van der Waals surface area contributed by atoms with Crippen molar-refractivity contribution >= 4 is 5.91 Å². The maximum Gasteiger partial charge on any atom is 0.243 e. The zero-order valence-electron chi connectivity index (χ0n) is 12.1. The molecule has 1 aromatic carbocycles. The van der Waals surface area contributed by atoms with E-state index >= 15 is 0 Å². The number of carbonyl (C=O) groups excluding carboxylic acids is 1. The molecule has 21 heavy (non-hydrogen) atoms. The lowest BCUT2D eigenvalue weighted by atomic mass is 9.89. The van der Waals surface area contributed by atoms with Crippen molar-refractivity contribution in [3.63, 3.8) is 0 Å². The molecule has 116 valence electrons. The molecule has 0 aliphatic carbocycles. The third-order valence-corrected chi connectivity index (χ3v) is 3.84. The quantitative estimate of drug-likeness (QED) is 0.922. The van der Waals surface area contributed by atoms with E-state index in [1.165, 1.54) is 6.07 Å². The van der Waals surface area contributed by atoms with Crippen molar-refractivity contribution < 1.29 is 18.3 Å². The fourth-order valence-corrected chi connectivity index (χ4v) is 2.45. The Balaban J connectivity index is 2.11. The SMILES string of the molecule is CCN(Cc1ccc(F)c(F)c1)C(=O)C1(N)CCOCC1. The van der Waals surface area contributed by atoms with E-state index in [2.05, 4.69) is 0 Å². The molecule has 0 radical (unpaired) electrons. The van der Waals surface area contributed by atoms with Crippen molar-refractivity contribution in [3.05, 3.63) is 35.4 Å². The third-order valence-electron chi connectivity index (χ3n) is 3.84. The fraction of sp³-hybridized carbons (Fsp3) is 0.533. The smallest absolute Gasteiger partial charge is 0.243 e. The topological polar surface area (TPSA) is 55.6 Å². The van der Waals surface area contributed by atoms with E-state index in [1.54, 1.807) is 4.90 Å². The Labute approximate surface area is 122 Å². The van der Waals surface area contributed by atoms with Crippen LogP contribution in [0.5, 0.6) is 0 Å². The van der Waals surface area contributed by atoms with Gasteiger partial charge in [-0.25, -0.2) is 8.78 Å². The van der Waals surface area contributed by atoms with Crippen molar-refractivity contribution in [2.45, 2.75) is 31.8 Å². The molecular formula is C15H20F2N2O2. The van der Waals surface area contributed by atoms with E-state index in [1.807, 2.05) is 6.92 Å². The molecule has 0 saturated carbocycles. The standard InChI is InChI=1S/C15H20F2N2O2/c1-2-19(10-11-3-4-12(16)13(17)9-11)14(20)15(18)5-7-21-8-6-15/h3-4,9H,2,5-8,10,18H2,1H3. The van der Waals surface area contributed by atoms with Crippen molar-refractivity contribution in [1.82, 2.24) is 4.90 Å². The van der Waals surface area contributed by atoms with E-state index in [0.29, 0.717) is 38.2 Å². The van der Waals surface area contributed by atoms with Gasteiger partial charge in [0, 0.05) is 26.3 Å². The molecule has 1 fully saturated rings. The minimum absolute atomic E-state index is 0.168. The summed E-state index contributed by atoms with van der Waals surface area (Å²) in [6.45, 7) is 3.43. The molecule has 1 saturated heterocycles. The van der Waals surface area contributed by atoms with Crippen LogP contribution < -0.4 is 5.73 Å². The molecule has 2 N–H and O–H groups in total. The van der Waals surface area contributed by atoms with Gasteiger partial charge in [0.15, 0.2) is 11.6 Å². The van der Waals surface area contributed by atoms with E-state index in [-0.39, 0.29) is 12.5 Å². The molecule has 4 nitrogen and oxygen atoms in total. The molecule has 1 aliphatic heterocycles. The Morgan fingerprint density at radius 2 is 2.00 bits per heavy atom. The lowest BCUT2D eigenvalue weighted by molar-refractivity contribution is -0.141. The Kier molecular flexibility index (Phi) is 4.90. The van der Waals surface area contributed by atoms with E-state index in [0.717, 1.165) is 12.1 Å². The number of hydrogen-bond donors (Lipinski definition) is 1. The first-order chi connectivity index (χ1) is 9.96. The van der Waals surface area contributed by atoms with Crippen LogP contribution in [-0.2, 0) is 16.1 Å². The molecular weight excluding hydrogens is 278 g/mol. The second-order valence-corrected chi connectivity index (χ2v) is 5.34. The number of rotatable bonds is 4. The van der Waals surface area contributed by atoms with Gasteiger partial charge in [-0.15, -0.1) is 0 Å². The number of hydrogen-bond acceptors (Lipinski definition) is 3. The average molecular weight is 298 g/mol. The highest BCUT2D eigenvalue weighted by Gasteiger charge is 2.38. The molecule has 1 aliphatic rings. The first-order valence-electron chi connectivity index (χ1n) is 7.06. The molecule has 0 bridgehead atoms. The van der Waals surface area contributed by atoms with Gasteiger partial charge in [0.05, 0.1) is 5.54 Å². The summed E-state index contributed by atoms with van der Waals surface area (Å²) in [5, 5.41) is 0. The van der Waals surface area contributed by atoms with Gasteiger partial charge in [-0.3, -0.25) is 4.79 Å². The largest absolute Gasteiger partial charge is 0.381 e. The molecule has 0 unspecified atom stereocenters. The zero-order valence-corrected chi connectivity index (χ0v) is 12.1. The van der Waals surface area contributed by atoms with Gasteiger partial charge in [0.25, 0.3) is 0 Å². The highest BCUT2D eigenvalue weighted by molar-refractivity contribution is 5.86. The molecule has 6 heteroatoms. The monoisotopic (exact) mass is 298 g/mol. The number of benzene rings is 1. The molecule has 1 heterocycles. The second kappa shape index (κ2) is 6.49. The average Bonchev–Trinajstić information content (AvgIpc) is 2.48. The first kappa shape index (κ1) is 15.9. The lowest BCUT2D eigenvalue weighted by Gasteiger charge is -2.36. The van der Waals surface area contributed by atoms with E-state index in [9.17, 15) is 13.6 Å². The molecule has 1 amide bonds. The van der Waals surface area contributed by atoms with Crippen molar-refractivity contribution in [3.8, 4) is 0 Å². The van der Waals surface area contributed by atoms with Crippen LogP contribution in [0.3, 0.4) is 0 Å². The van der Waals surface area contributed by atoms with Crippen LogP contribution >= 0.6 is 0 Å². The maximum atomic E-state index is 13.2. The van der Waals surface area contributed by atoms with Crippen LogP contribution in [0, 0.1) is 11.6 Å². The second-order valence-electron chi connectivity index (χ2n) is 5.34. The minimum atomic E-state index is -0.924. The zero-order chi connectivity index (χ0) is 15.5. The van der Waals surface area contributed by atoms with Gasteiger partial charge in [-0.05, 0) is 37.5 Å². The summed E-state index contributed by atoms with van der Waals surface area (Å²) >= 11 is 0. The normalized spacial score (nSPS) is 17.5. The Morgan fingerprint density at radius 3 is 2.57 bits per heavy atom. The maximum absolute atomic E-state index is 13.2. The van der Waals surface area contributed by atoms with Gasteiger partial charge >= 0.3 is 0 Å². The molecule has 2 rings (SSSR count). The summed E-state index contributed by atoms with van der Waals surface area (Å²) in [7, 11) is 0. The number of nitrogens with two attached hydrogens (primary N) is 1. The predicted molar refractivity (Wildman–Crippen MR) is 74.4 cm³/mol. The Morgan fingerprint density at radius 1 is 1.33 bits per heavy atom. The van der Waals surface area contributed by atoms with Crippen molar-refractivity contribution in [1.29, 1.82) is 0 Å². The number of likely N-dealkylation sites (N-methyl/N-ethyl adjacent to an activating group) is 1. The third kappa shape index (κ3) is 3.57. The summed E-state index contributed by atoms with van der Waals surface area (Å²) in [4.78, 5) is 14.2. The number of amides is 1. The summed E-state index contributed by atoms with van der Waals surface area (Å²) in [5.41, 5.74) is 5.80. The minimum Gasteiger partial charge on any atom is -0.381 e. The number of halogens is 2. The van der Waals surface area contributed by atoms with Gasteiger partial charge in [0.1, 0.15) is 0 Å². The summed E-state index contributed by atoms with van der Waals surface area (Å²) in [6.07, 6.45) is 0.945. The number of ether oxygens (including phenoxy) is 1. The number of nitrogens with zero attached hydrogens (tertiary/aromatic N) is 1. The van der Waals surface area contributed by atoms with E-state index < -0.39 is 17.2 Å². The highest BCUT2D eigenvalue weighted by atomic mass is 19.2. The molecule has 0 aromatic heterocycles. The van der Waals surface area contributed by atoms with Gasteiger partial charge < -0.3 is 15.4 Å². The van der Waals surface area contributed by atoms with Crippen molar-refractivity contribution in [2.24, 2.45) is 5.73 Å². The summed E-state index contributed by atoms with van der Waals surface area (Å²) in [6, 6.07) is 3.65. The van der Waals surface area contributed by atoms with Crippen LogP contribution in [0.25, 0.3) is 0 Å². The lowest BCUT2D eigenvalue weighted by Crippen LogP contribution is -2.57. The summed E-state index contributed by atoms with van der Waals surface area (Å²) < 4.78 is 31.4. The van der Waals surface area contributed by atoms with Gasteiger partial charge in [0.2, 0.25) is 5.91 Å². The predicted octanol–water partition coefficient (Wildman–Crippen LogP) is 1.82. The van der Waals surface area contributed by atoms with E-state index in [4.69, 9.17) is 10.5 Å².